The SMILES string of the molecule is O=C([O-])C1=C[C@@H](O)[C@H](O)[C@H](O)C1. The van der Waals surface area contributed by atoms with Gasteiger partial charge in [-0.25, -0.2) is 0 Å². The number of hydrogen-bond acceptors (Lipinski definition) is 5. The molecule has 12 heavy (non-hydrogen) atoms. The molecule has 0 amide bonds. The molecule has 0 fully saturated rings. The van der Waals surface area contributed by atoms with Gasteiger partial charge in [0.2, 0.25) is 0 Å². The molecule has 0 saturated heterocycles. The maximum Gasteiger partial charge on any atom is 0.110 e. The average molecular weight is 173 g/mol. The lowest BCUT2D eigenvalue weighted by molar-refractivity contribution is -0.300. The minimum Gasteiger partial charge on any atom is -0.545 e. The van der Waals surface area contributed by atoms with Crippen molar-refractivity contribution in [2.24, 2.45) is 0 Å². The molecule has 0 aromatic rings. The van der Waals surface area contributed by atoms with Crippen LogP contribution in [0.3, 0.4) is 0 Å². The highest BCUT2D eigenvalue weighted by Gasteiger charge is 2.29. The van der Waals surface area contributed by atoms with Gasteiger partial charge >= 0.3 is 0 Å². The number of aliphatic hydroxyl groups is 3. The van der Waals surface area contributed by atoms with Crippen LogP contribution in [0.25, 0.3) is 0 Å². The molecular formula is C7H9O5-. The molecule has 5 heteroatoms. The van der Waals surface area contributed by atoms with Gasteiger partial charge in [-0.15, -0.1) is 0 Å². The molecule has 0 aliphatic heterocycles. The standard InChI is InChI=1S/C7H10O5/c8-4-1-3(7(11)12)2-5(9)6(4)10/h1,4-6,8-10H,2H2,(H,11,12)/p-1/t4-,5-,6+/m1/s1. The number of carboxylic acids is 1. The largest absolute Gasteiger partial charge is 0.545 e. The lowest BCUT2D eigenvalue weighted by atomic mass is 9.92. The minimum atomic E-state index is -1.43. The topological polar surface area (TPSA) is 101 Å². The van der Waals surface area contributed by atoms with Gasteiger partial charge in [-0.2, -0.15) is 0 Å². The number of carboxylic acid groups (broad SMARTS) is 1. The van der Waals surface area contributed by atoms with Crippen molar-refractivity contribution in [2.75, 3.05) is 0 Å². The number of aliphatic carboxylic acids is 1. The maximum absolute atomic E-state index is 10.3. The molecule has 1 aliphatic carbocycles. The predicted octanol–water partition coefficient (Wildman–Crippen LogP) is -2.85. The van der Waals surface area contributed by atoms with E-state index in [1.165, 1.54) is 0 Å². The van der Waals surface area contributed by atoms with Crippen LogP contribution < -0.4 is 5.11 Å². The monoisotopic (exact) mass is 173 g/mol. The fourth-order valence-electron chi connectivity index (χ4n) is 1.10. The van der Waals surface area contributed by atoms with Crippen molar-refractivity contribution in [2.45, 2.75) is 24.7 Å². The fourth-order valence-corrected chi connectivity index (χ4v) is 1.10. The summed E-state index contributed by atoms with van der Waals surface area (Å²) in [6.45, 7) is 0. The van der Waals surface area contributed by atoms with Crippen LogP contribution in [-0.4, -0.2) is 39.6 Å². The number of rotatable bonds is 1. The van der Waals surface area contributed by atoms with E-state index in [4.69, 9.17) is 15.3 Å². The third-order valence-corrected chi connectivity index (χ3v) is 1.81. The Kier molecular flexibility index (Phi) is 2.46. The molecule has 1 aliphatic rings. The zero-order valence-electron chi connectivity index (χ0n) is 6.17. The first-order chi connectivity index (χ1) is 5.52. The summed E-state index contributed by atoms with van der Waals surface area (Å²) in [6, 6.07) is 0. The Hall–Kier alpha value is -0.910. The molecule has 68 valence electrons. The Labute approximate surface area is 68.6 Å². The van der Waals surface area contributed by atoms with E-state index in [1.54, 1.807) is 0 Å². The lowest BCUT2D eigenvalue weighted by Gasteiger charge is -2.27. The molecule has 5 nitrogen and oxygen atoms in total. The van der Waals surface area contributed by atoms with Gasteiger partial charge in [-0.1, -0.05) is 0 Å². The van der Waals surface area contributed by atoms with Gasteiger partial charge in [-0.05, 0) is 11.6 Å². The van der Waals surface area contributed by atoms with Crippen molar-refractivity contribution in [1.29, 1.82) is 0 Å². The van der Waals surface area contributed by atoms with E-state index in [0.717, 1.165) is 6.08 Å². The second kappa shape index (κ2) is 3.22. The highest BCUT2D eigenvalue weighted by atomic mass is 16.4. The van der Waals surface area contributed by atoms with Gasteiger partial charge in [-0.3, -0.25) is 0 Å². The van der Waals surface area contributed by atoms with Crippen molar-refractivity contribution in [3.8, 4) is 0 Å². The molecule has 0 aromatic carbocycles. The van der Waals surface area contributed by atoms with E-state index in [9.17, 15) is 9.90 Å². The molecule has 0 spiro atoms. The zero-order valence-corrected chi connectivity index (χ0v) is 6.17. The molecule has 0 aromatic heterocycles. The number of hydrogen-bond donors (Lipinski definition) is 3. The van der Waals surface area contributed by atoms with Crippen molar-refractivity contribution in [3.05, 3.63) is 11.6 Å². The van der Waals surface area contributed by atoms with Gasteiger partial charge in [0.05, 0.1) is 12.1 Å². The van der Waals surface area contributed by atoms with Gasteiger partial charge in [0, 0.05) is 6.42 Å². The minimum absolute atomic E-state index is 0.180. The number of carbonyl (C=O) groups is 1. The third kappa shape index (κ3) is 1.63. The van der Waals surface area contributed by atoms with Crippen LogP contribution in [0.4, 0.5) is 0 Å². The van der Waals surface area contributed by atoms with E-state index >= 15 is 0 Å². The Morgan fingerprint density at radius 2 is 2.08 bits per heavy atom. The normalized spacial score (nSPS) is 35.9. The highest BCUT2D eigenvalue weighted by molar-refractivity contribution is 5.85. The van der Waals surface area contributed by atoms with Crippen molar-refractivity contribution >= 4 is 5.97 Å². The number of carbonyl (C=O) groups excluding carboxylic acids is 1. The molecule has 1 rings (SSSR count). The van der Waals surface area contributed by atoms with E-state index in [2.05, 4.69) is 0 Å². The van der Waals surface area contributed by atoms with Crippen LogP contribution in [0.1, 0.15) is 6.42 Å². The predicted molar refractivity (Wildman–Crippen MR) is 35.7 cm³/mol. The van der Waals surface area contributed by atoms with E-state index in [1.807, 2.05) is 0 Å². The maximum atomic E-state index is 10.3. The summed E-state index contributed by atoms with van der Waals surface area (Å²) in [6.07, 6.45) is -3.10. The Morgan fingerprint density at radius 3 is 2.50 bits per heavy atom. The van der Waals surface area contributed by atoms with Gasteiger partial charge in [0.1, 0.15) is 12.2 Å². The highest BCUT2D eigenvalue weighted by Crippen LogP contribution is 2.18. The summed E-state index contributed by atoms with van der Waals surface area (Å²) >= 11 is 0. The van der Waals surface area contributed by atoms with Crippen LogP contribution in [0.15, 0.2) is 11.6 Å². The summed E-state index contributed by atoms with van der Waals surface area (Å²) in [4.78, 5) is 10.3. The first-order valence-electron chi connectivity index (χ1n) is 3.48. The molecule has 0 bridgehead atoms. The van der Waals surface area contributed by atoms with Gasteiger partial charge in [0.15, 0.2) is 0 Å². The first kappa shape index (κ1) is 9.18. The molecule has 3 N–H and O–H groups in total. The van der Waals surface area contributed by atoms with Crippen LogP contribution in [0, 0.1) is 0 Å². The van der Waals surface area contributed by atoms with Crippen LogP contribution in [0.2, 0.25) is 0 Å². The first-order valence-corrected chi connectivity index (χ1v) is 3.48. The summed E-state index contributed by atoms with van der Waals surface area (Å²) in [5.74, 6) is -1.43. The van der Waals surface area contributed by atoms with Crippen LogP contribution in [-0.2, 0) is 4.79 Å². The zero-order chi connectivity index (χ0) is 9.30. The Balaban J connectivity index is 2.81. The molecule has 0 saturated carbocycles. The van der Waals surface area contributed by atoms with Gasteiger partial charge < -0.3 is 25.2 Å². The van der Waals surface area contributed by atoms with E-state index in [0.29, 0.717) is 0 Å². The van der Waals surface area contributed by atoms with Crippen LogP contribution in [0.5, 0.6) is 0 Å². The summed E-state index contributed by atoms with van der Waals surface area (Å²) in [7, 11) is 0. The van der Waals surface area contributed by atoms with Crippen LogP contribution >= 0.6 is 0 Å². The van der Waals surface area contributed by atoms with Crippen molar-refractivity contribution in [3.63, 3.8) is 0 Å². The molecular weight excluding hydrogens is 164 g/mol. The van der Waals surface area contributed by atoms with Crippen molar-refractivity contribution in [1.82, 2.24) is 0 Å². The molecule has 0 heterocycles. The number of aliphatic hydroxyl groups excluding tert-OH is 3. The Bertz CT molecular complexity index is 222. The Morgan fingerprint density at radius 1 is 1.50 bits per heavy atom. The summed E-state index contributed by atoms with van der Waals surface area (Å²) < 4.78 is 0. The third-order valence-electron chi connectivity index (χ3n) is 1.81. The average Bonchev–Trinajstić information content (AvgIpc) is 1.99. The smallest absolute Gasteiger partial charge is 0.110 e. The summed E-state index contributed by atoms with van der Waals surface area (Å²) in [5, 5.41) is 37.3. The summed E-state index contributed by atoms with van der Waals surface area (Å²) in [5.41, 5.74) is -0.180. The van der Waals surface area contributed by atoms with E-state index in [-0.39, 0.29) is 12.0 Å². The second-order valence-corrected chi connectivity index (χ2v) is 2.73. The second-order valence-electron chi connectivity index (χ2n) is 2.73. The molecule has 0 radical (unpaired) electrons. The fraction of sp³-hybridized carbons (Fsp3) is 0.571. The van der Waals surface area contributed by atoms with E-state index < -0.39 is 24.3 Å². The van der Waals surface area contributed by atoms with Crippen molar-refractivity contribution < 1.29 is 25.2 Å². The molecule has 3 atom stereocenters. The molecule has 0 unspecified atom stereocenters. The van der Waals surface area contributed by atoms with Gasteiger partial charge in [0.25, 0.3) is 0 Å². The lowest BCUT2D eigenvalue weighted by Crippen LogP contribution is -2.42. The quantitative estimate of drug-likeness (QED) is 0.396.